The quantitative estimate of drug-likeness (QED) is 0.836. The number of nitrogens with one attached hydrogen (secondary N) is 1. The van der Waals surface area contributed by atoms with Gasteiger partial charge in [0.2, 0.25) is 5.91 Å². The van der Waals surface area contributed by atoms with Crippen LogP contribution in [0.2, 0.25) is 0 Å². The molecule has 92 valence electrons. The zero-order chi connectivity index (χ0) is 12.3. The van der Waals surface area contributed by atoms with Gasteiger partial charge in [-0.3, -0.25) is 4.79 Å². The van der Waals surface area contributed by atoms with E-state index in [0.717, 1.165) is 31.6 Å². The van der Waals surface area contributed by atoms with Crippen molar-refractivity contribution >= 4 is 5.91 Å². The number of hydrogen-bond acceptors (Lipinski definition) is 2. The summed E-state index contributed by atoms with van der Waals surface area (Å²) in [6, 6.07) is 6.80. The van der Waals surface area contributed by atoms with Crippen molar-refractivity contribution < 1.29 is 9.18 Å². The third-order valence-corrected chi connectivity index (χ3v) is 3.10. The number of nitrogens with zero attached hydrogens (tertiary/aromatic N) is 1. The highest BCUT2D eigenvalue weighted by Gasteiger charge is 2.20. The van der Waals surface area contributed by atoms with Crippen LogP contribution in [-0.4, -0.2) is 36.5 Å². The molecule has 0 spiro atoms. The lowest BCUT2D eigenvalue weighted by Gasteiger charge is -2.33. The molecule has 1 aromatic rings. The Morgan fingerprint density at radius 3 is 2.82 bits per heavy atom. The standard InChI is InChI=1S/C13H17FN2O/c1-10(17)16-7-6-15-13(9-16)8-11-2-4-12(14)5-3-11/h2-5,13,15H,6-9H2,1H3. The molecular weight excluding hydrogens is 219 g/mol. The number of hydrogen-bond donors (Lipinski definition) is 1. The average molecular weight is 236 g/mol. The molecule has 1 amide bonds. The fraction of sp³-hybridized carbons (Fsp3) is 0.462. The summed E-state index contributed by atoms with van der Waals surface area (Å²) in [5.41, 5.74) is 1.09. The molecule has 1 atom stereocenters. The topological polar surface area (TPSA) is 32.3 Å². The van der Waals surface area contributed by atoms with Crippen molar-refractivity contribution in [2.24, 2.45) is 0 Å². The number of carbonyl (C=O) groups excluding carboxylic acids is 1. The van der Waals surface area contributed by atoms with Crippen molar-refractivity contribution in [3.8, 4) is 0 Å². The van der Waals surface area contributed by atoms with Gasteiger partial charge in [-0.15, -0.1) is 0 Å². The molecule has 1 unspecified atom stereocenters. The molecule has 0 saturated carbocycles. The zero-order valence-electron chi connectivity index (χ0n) is 9.95. The van der Waals surface area contributed by atoms with Crippen LogP contribution in [0.3, 0.4) is 0 Å². The minimum Gasteiger partial charge on any atom is -0.340 e. The minimum atomic E-state index is -0.212. The van der Waals surface area contributed by atoms with Crippen molar-refractivity contribution in [1.29, 1.82) is 0 Å². The molecule has 0 aromatic heterocycles. The van der Waals surface area contributed by atoms with Crippen LogP contribution in [-0.2, 0) is 11.2 Å². The lowest BCUT2D eigenvalue weighted by atomic mass is 10.0. The summed E-state index contributed by atoms with van der Waals surface area (Å²) in [6.07, 6.45) is 0.823. The van der Waals surface area contributed by atoms with Gasteiger partial charge in [-0.25, -0.2) is 4.39 Å². The number of benzene rings is 1. The Hall–Kier alpha value is -1.42. The zero-order valence-corrected chi connectivity index (χ0v) is 9.95. The average Bonchev–Trinajstić information content (AvgIpc) is 2.32. The van der Waals surface area contributed by atoms with Crippen LogP contribution in [0.5, 0.6) is 0 Å². The maximum absolute atomic E-state index is 12.8. The summed E-state index contributed by atoms with van der Waals surface area (Å²) in [7, 11) is 0. The predicted molar refractivity (Wildman–Crippen MR) is 64.1 cm³/mol. The molecule has 3 nitrogen and oxygen atoms in total. The highest BCUT2D eigenvalue weighted by atomic mass is 19.1. The number of halogens is 1. The second-order valence-electron chi connectivity index (χ2n) is 4.45. The van der Waals surface area contributed by atoms with Crippen LogP contribution in [0.1, 0.15) is 12.5 Å². The molecule has 1 fully saturated rings. The summed E-state index contributed by atoms with van der Waals surface area (Å²) >= 11 is 0. The molecule has 0 aliphatic carbocycles. The van der Waals surface area contributed by atoms with Gasteiger partial charge in [0.05, 0.1) is 0 Å². The number of carbonyl (C=O) groups is 1. The summed E-state index contributed by atoms with van der Waals surface area (Å²) in [5.74, 6) is -0.0914. The first-order valence-corrected chi connectivity index (χ1v) is 5.88. The molecule has 2 rings (SSSR count). The second kappa shape index (κ2) is 5.27. The summed E-state index contributed by atoms with van der Waals surface area (Å²) in [6.45, 7) is 3.92. The van der Waals surface area contributed by atoms with Gasteiger partial charge in [0.15, 0.2) is 0 Å². The first kappa shape index (κ1) is 12.0. The first-order chi connectivity index (χ1) is 8.15. The van der Waals surface area contributed by atoms with Crippen molar-refractivity contribution in [3.63, 3.8) is 0 Å². The summed E-state index contributed by atoms with van der Waals surface area (Å²) < 4.78 is 12.8. The van der Waals surface area contributed by atoms with Crippen LogP contribution < -0.4 is 5.32 Å². The van der Waals surface area contributed by atoms with Gasteiger partial charge in [0.1, 0.15) is 5.82 Å². The molecule has 1 saturated heterocycles. The van der Waals surface area contributed by atoms with Crippen LogP contribution in [0, 0.1) is 5.82 Å². The van der Waals surface area contributed by atoms with Crippen molar-refractivity contribution in [3.05, 3.63) is 35.6 Å². The van der Waals surface area contributed by atoms with E-state index >= 15 is 0 Å². The van der Waals surface area contributed by atoms with E-state index in [1.165, 1.54) is 12.1 Å². The highest BCUT2D eigenvalue weighted by Crippen LogP contribution is 2.09. The monoisotopic (exact) mass is 236 g/mol. The Bertz CT molecular complexity index is 391. The Labute approximate surface area is 101 Å². The maximum Gasteiger partial charge on any atom is 0.219 e. The summed E-state index contributed by atoms with van der Waals surface area (Å²) in [5, 5.41) is 3.38. The Morgan fingerprint density at radius 1 is 1.47 bits per heavy atom. The van der Waals surface area contributed by atoms with Crippen LogP contribution in [0.15, 0.2) is 24.3 Å². The SMILES string of the molecule is CC(=O)N1CCNC(Cc2ccc(F)cc2)C1. The van der Waals surface area contributed by atoms with Crippen molar-refractivity contribution in [2.75, 3.05) is 19.6 Å². The van der Waals surface area contributed by atoms with E-state index in [0.29, 0.717) is 0 Å². The molecule has 1 N–H and O–H groups in total. The lowest BCUT2D eigenvalue weighted by Crippen LogP contribution is -2.52. The number of rotatable bonds is 2. The molecule has 1 heterocycles. The van der Waals surface area contributed by atoms with Crippen LogP contribution in [0.25, 0.3) is 0 Å². The van der Waals surface area contributed by atoms with Gasteiger partial charge in [-0.2, -0.15) is 0 Å². The normalized spacial score (nSPS) is 20.4. The second-order valence-corrected chi connectivity index (χ2v) is 4.45. The highest BCUT2D eigenvalue weighted by molar-refractivity contribution is 5.73. The molecular formula is C13H17FN2O. The lowest BCUT2D eigenvalue weighted by molar-refractivity contribution is -0.130. The van der Waals surface area contributed by atoms with Gasteiger partial charge in [0.25, 0.3) is 0 Å². The van der Waals surface area contributed by atoms with E-state index in [2.05, 4.69) is 5.32 Å². The molecule has 4 heteroatoms. The molecule has 0 radical (unpaired) electrons. The fourth-order valence-corrected chi connectivity index (χ4v) is 2.15. The van der Waals surface area contributed by atoms with Gasteiger partial charge >= 0.3 is 0 Å². The Morgan fingerprint density at radius 2 is 2.18 bits per heavy atom. The van der Waals surface area contributed by atoms with E-state index in [-0.39, 0.29) is 17.8 Å². The van der Waals surface area contributed by atoms with E-state index in [1.54, 1.807) is 19.1 Å². The Balaban J connectivity index is 1.94. The first-order valence-electron chi connectivity index (χ1n) is 5.88. The molecule has 0 bridgehead atoms. The third kappa shape index (κ3) is 3.27. The minimum absolute atomic E-state index is 0.121. The van der Waals surface area contributed by atoms with Crippen molar-refractivity contribution in [2.45, 2.75) is 19.4 Å². The van der Waals surface area contributed by atoms with E-state index in [9.17, 15) is 9.18 Å². The number of piperazine rings is 1. The Kier molecular flexibility index (Phi) is 3.74. The van der Waals surface area contributed by atoms with E-state index in [1.807, 2.05) is 4.90 Å². The number of amides is 1. The van der Waals surface area contributed by atoms with Crippen molar-refractivity contribution in [1.82, 2.24) is 10.2 Å². The van der Waals surface area contributed by atoms with Gasteiger partial charge in [-0.1, -0.05) is 12.1 Å². The van der Waals surface area contributed by atoms with E-state index < -0.39 is 0 Å². The van der Waals surface area contributed by atoms with Gasteiger partial charge in [-0.05, 0) is 24.1 Å². The van der Waals surface area contributed by atoms with Crippen LogP contribution in [0.4, 0.5) is 4.39 Å². The molecule has 1 aromatic carbocycles. The van der Waals surface area contributed by atoms with Crippen LogP contribution >= 0.6 is 0 Å². The molecule has 1 aliphatic heterocycles. The predicted octanol–water partition coefficient (Wildman–Crippen LogP) is 1.19. The fourth-order valence-electron chi connectivity index (χ4n) is 2.15. The maximum atomic E-state index is 12.8. The molecule has 1 aliphatic rings. The van der Waals surface area contributed by atoms with Gasteiger partial charge < -0.3 is 10.2 Å². The van der Waals surface area contributed by atoms with E-state index in [4.69, 9.17) is 0 Å². The third-order valence-electron chi connectivity index (χ3n) is 3.10. The molecule has 17 heavy (non-hydrogen) atoms. The summed E-state index contributed by atoms with van der Waals surface area (Å²) in [4.78, 5) is 13.1. The smallest absolute Gasteiger partial charge is 0.219 e. The van der Waals surface area contributed by atoms with Gasteiger partial charge in [0, 0.05) is 32.6 Å². The largest absolute Gasteiger partial charge is 0.340 e.